The molecule has 126 valence electrons. The summed E-state index contributed by atoms with van der Waals surface area (Å²) in [6.07, 6.45) is 5.44. The third-order valence-electron chi connectivity index (χ3n) is 3.42. The van der Waals surface area contributed by atoms with Crippen LogP contribution in [0, 0.1) is 13.8 Å². The van der Waals surface area contributed by atoms with Gasteiger partial charge in [0, 0.05) is 25.2 Å². The predicted octanol–water partition coefficient (Wildman–Crippen LogP) is 3.23. The van der Waals surface area contributed by atoms with Crippen LogP contribution in [0.2, 0.25) is 0 Å². The fourth-order valence-electron chi connectivity index (χ4n) is 2.07. The summed E-state index contributed by atoms with van der Waals surface area (Å²) in [7, 11) is 0. The highest BCUT2D eigenvalue weighted by atomic mass is 16.2. The molecule has 0 saturated heterocycles. The van der Waals surface area contributed by atoms with Gasteiger partial charge in [0.15, 0.2) is 0 Å². The summed E-state index contributed by atoms with van der Waals surface area (Å²) in [5, 5.41) is 5.48. The van der Waals surface area contributed by atoms with E-state index in [2.05, 4.69) is 20.6 Å². The molecule has 2 aromatic heterocycles. The van der Waals surface area contributed by atoms with Crippen molar-refractivity contribution in [1.29, 1.82) is 0 Å². The van der Waals surface area contributed by atoms with E-state index in [-0.39, 0.29) is 11.8 Å². The molecule has 2 aromatic rings. The number of nitrogens with zero attached hydrogens (tertiary/aromatic N) is 2. The SMILES string of the molecule is Cc1ccc(NC(=O)CCCCC(=O)Nc2ccc(C)cn2)nc1. The molecule has 6 heteroatoms. The fraction of sp³-hybridized carbons (Fsp3) is 0.333. The van der Waals surface area contributed by atoms with E-state index >= 15 is 0 Å². The van der Waals surface area contributed by atoms with Gasteiger partial charge < -0.3 is 10.6 Å². The zero-order chi connectivity index (χ0) is 17.4. The molecule has 0 bridgehead atoms. The average molecular weight is 326 g/mol. The van der Waals surface area contributed by atoms with Crippen LogP contribution in [0.25, 0.3) is 0 Å². The van der Waals surface area contributed by atoms with Crippen molar-refractivity contribution in [3.8, 4) is 0 Å². The van der Waals surface area contributed by atoms with Gasteiger partial charge in [0.05, 0.1) is 0 Å². The standard InChI is InChI=1S/C18H22N4O2/c1-13-7-9-15(19-11-13)21-17(23)5-3-4-6-18(24)22-16-10-8-14(2)12-20-16/h7-12H,3-6H2,1-2H3,(H,19,21,23)(H,20,22,24). The maximum absolute atomic E-state index is 11.8. The molecule has 0 radical (unpaired) electrons. The lowest BCUT2D eigenvalue weighted by Gasteiger charge is -2.06. The van der Waals surface area contributed by atoms with Gasteiger partial charge >= 0.3 is 0 Å². The Morgan fingerprint density at radius 2 is 1.21 bits per heavy atom. The number of pyridine rings is 2. The Bertz CT molecular complexity index is 620. The number of aromatic nitrogens is 2. The predicted molar refractivity (Wildman–Crippen MR) is 93.7 cm³/mol. The van der Waals surface area contributed by atoms with Crippen molar-refractivity contribution in [2.24, 2.45) is 0 Å². The normalized spacial score (nSPS) is 10.2. The molecule has 0 fully saturated rings. The number of aryl methyl sites for hydroxylation is 2. The van der Waals surface area contributed by atoms with E-state index < -0.39 is 0 Å². The first-order valence-corrected chi connectivity index (χ1v) is 7.98. The topological polar surface area (TPSA) is 84.0 Å². The number of nitrogens with one attached hydrogen (secondary N) is 2. The number of amides is 2. The molecule has 0 aliphatic rings. The molecule has 0 unspecified atom stereocenters. The minimum Gasteiger partial charge on any atom is -0.311 e. The van der Waals surface area contributed by atoms with E-state index in [9.17, 15) is 9.59 Å². The maximum Gasteiger partial charge on any atom is 0.225 e. The molecular formula is C18H22N4O2. The summed E-state index contributed by atoms with van der Waals surface area (Å²) in [6.45, 7) is 3.88. The number of hydrogen-bond donors (Lipinski definition) is 2. The highest BCUT2D eigenvalue weighted by molar-refractivity contribution is 5.90. The molecule has 2 amide bonds. The Labute approximate surface area is 141 Å². The Kier molecular flexibility index (Phi) is 6.42. The lowest BCUT2D eigenvalue weighted by atomic mass is 10.2. The Hall–Kier alpha value is -2.76. The van der Waals surface area contributed by atoms with E-state index in [1.165, 1.54) is 0 Å². The van der Waals surface area contributed by atoms with Crippen LogP contribution in [-0.4, -0.2) is 21.8 Å². The second kappa shape index (κ2) is 8.76. The third kappa shape index (κ3) is 6.16. The van der Waals surface area contributed by atoms with Crippen LogP contribution in [0.5, 0.6) is 0 Å². The summed E-state index contributed by atoms with van der Waals surface area (Å²) in [5.74, 6) is 0.918. The monoisotopic (exact) mass is 326 g/mol. The second-order valence-corrected chi connectivity index (χ2v) is 5.75. The Morgan fingerprint density at radius 1 is 0.792 bits per heavy atom. The van der Waals surface area contributed by atoms with Crippen molar-refractivity contribution in [2.45, 2.75) is 39.5 Å². The highest BCUT2D eigenvalue weighted by Crippen LogP contribution is 2.08. The first-order valence-electron chi connectivity index (χ1n) is 7.98. The third-order valence-corrected chi connectivity index (χ3v) is 3.42. The summed E-state index contributed by atoms with van der Waals surface area (Å²) in [4.78, 5) is 31.9. The molecular weight excluding hydrogens is 304 g/mol. The van der Waals surface area contributed by atoms with Crippen LogP contribution in [0.3, 0.4) is 0 Å². The number of carbonyl (C=O) groups excluding carboxylic acids is 2. The van der Waals surface area contributed by atoms with Gasteiger partial charge in [-0.15, -0.1) is 0 Å². The molecule has 6 nitrogen and oxygen atoms in total. The van der Waals surface area contributed by atoms with Crippen LogP contribution in [0.1, 0.15) is 36.8 Å². The van der Waals surface area contributed by atoms with Crippen molar-refractivity contribution >= 4 is 23.5 Å². The summed E-state index contributed by atoms with van der Waals surface area (Å²) in [6, 6.07) is 7.34. The van der Waals surface area contributed by atoms with Crippen molar-refractivity contribution in [3.05, 3.63) is 47.8 Å². The Balaban J connectivity index is 1.63. The quantitative estimate of drug-likeness (QED) is 0.765. The first kappa shape index (κ1) is 17.6. The van der Waals surface area contributed by atoms with Crippen LogP contribution in [0.4, 0.5) is 11.6 Å². The molecule has 2 rings (SSSR count). The zero-order valence-corrected chi connectivity index (χ0v) is 14.0. The van der Waals surface area contributed by atoms with Gasteiger partial charge in [0.2, 0.25) is 11.8 Å². The van der Waals surface area contributed by atoms with Crippen molar-refractivity contribution in [1.82, 2.24) is 9.97 Å². The van der Waals surface area contributed by atoms with Gasteiger partial charge in [0.1, 0.15) is 11.6 Å². The number of anilines is 2. The van der Waals surface area contributed by atoms with Gasteiger partial charge in [-0.25, -0.2) is 9.97 Å². The molecule has 2 N–H and O–H groups in total. The van der Waals surface area contributed by atoms with Gasteiger partial charge in [-0.2, -0.15) is 0 Å². The summed E-state index contributed by atoms with van der Waals surface area (Å²) < 4.78 is 0. The van der Waals surface area contributed by atoms with Gasteiger partial charge in [0.25, 0.3) is 0 Å². The zero-order valence-electron chi connectivity index (χ0n) is 14.0. The minimum atomic E-state index is -0.0908. The number of carbonyl (C=O) groups is 2. The van der Waals surface area contributed by atoms with E-state index in [1.54, 1.807) is 24.5 Å². The van der Waals surface area contributed by atoms with Crippen molar-refractivity contribution in [2.75, 3.05) is 10.6 Å². The molecule has 0 aliphatic heterocycles. The van der Waals surface area contributed by atoms with E-state index in [1.807, 2.05) is 26.0 Å². The molecule has 0 atom stereocenters. The summed E-state index contributed by atoms with van der Waals surface area (Å²) >= 11 is 0. The number of unbranched alkanes of at least 4 members (excludes halogenated alkanes) is 1. The largest absolute Gasteiger partial charge is 0.311 e. The van der Waals surface area contributed by atoms with Crippen LogP contribution in [0.15, 0.2) is 36.7 Å². The smallest absolute Gasteiger partial charge is 0.225 e. The van der Waals surface area contributed by atoms with Crippen molar-refractivity contribution < 1.29 is 9.59 Å². The van der Waals surface area contributed by atoms with Gasteiger partial charge in [-0.3, -0.25) is 9.59 Å². The number of hydrogen-bond acceptors (Lipinski definition) is 4. The molecule has 0 saturated carbocycles. The first-order chi connectivity index (χ1) is 11.5. The lowest BCUT2D eigenvalue weighted by molar-refractivity contribution is -0.118. The lowest BCUT2D eigenvalue weighted by Crippen LogP contribution is -2.14. The Morgan fingerprint density at radius 3 is 1.54 bits per heavy atom. The van der Waals surface area contributed by atoms with Gasteiger partial charge in [-0.1, -0.05) is 12.1 Å². The average Bonchev–Trinajstić information content (AvgIpc) is 2.56. The molecule has 0 aliphatic carbocycles. The molecule has 0 aromatic carbocycles. The van der Waals surface area contributed by atoms with Crippen LogP contribution >= 0.6 is 0 Å². The van der Waals surface area contributed by atoms with Crippen molar-refractivity contribution in [3.63, 3.8) is 0 Å². The highest BCUT2D eigenvalue weighted by Gasteiger charge is 2.06. The van der Waals surface area contributed by atoms with Gasteiger partial charge in [-0.05, 0) is 49.9 Å². The van der Waals surface area contributed by atoms with E-state index in [4.69, 9.17) is 0 Å². The molecule has 2 heterocycles. The fourth-order valence-corrected chi connectivity index (χ4v) is 2.07. The minimum absolute atomic E-state index is 0.0908. The maximum atomic E-state index is 11.8. The van der Waals surface area contributed by atoms with E-state index in [0.717, 1.165) is 11.1 Å². The molecule has 0 spiro atoms. The van der Waals surface area contributed by atoms with E-state index in [0.29, 0.717) is 37.3 Å². The molecule has 24 heavy (non-hydrogen) atoms. The summed E-state index contributed by atoms with van der Waals surface area (Å²) in [5.41, 5.74) is 2.09. The second-order valence-electron chi connectivity index (χ2n) is 5.75. The van der Waals surface area contributed by atoms with Crippen LogP contribution in [-0.2, 0) is 9.59 Å². The van der Waals surface area contributed by atoms with Crippen LogP contribution < -0.4 is 10.6 Å². The number of rotatable bonds is 7.